The lowest BCUT2D eigenvalue weighted by atomic mass is 9.81. The van der Waals surface area contributed by atoms with Gasteiger partial charge >= 0.3 is 0 Å². The normalized spacial score (nSPS) is 18.4. The first-order chi connectivity index (χ1) is 21.0. The van der Waals surface area contributed by atoms with Crippen molar-refractivity contribution in [2.24, 2.45) is 0 Å². The van der Waals surface area contributed by atoms with Crippen LogP contribution < -0.4 is 10.6 Å². The molecule has 5 rings (SSSR count). The Balaban J connectivity index is 1.07. The first kappa shape index (κ1) is 30.5. The van der Waals surface area contributed by atoms with Crippen molar-refractivity contribution < 1.29 is 14.4 Å². The molecule has 1 spiro atoms. The van der Waals surface area contributed by atoms with Crippen molar-refractivity contribution >= 4 is 17.7 Å². The number of carbonyl (C=O) groups is 3. The van der Waals surface area contributed by atoms with Crippen molar-refractivity contribution in [1.29, 1.82) is 0 Å². The van der Waals surface area contributed by atoms with Gasteiger partial charge in [-0.2, -0.15) is 0 Å². The Kier molecular flexibility index (Phi) is 10.3. The van der Waals surface area contributed by atoms with Crippen LogP contribution in [0.4, 0.5) is 0 Å². The summed E-state index contributed by atoms with van der Waals surface area (Å²) in [6, 6.07) is 27.7. The smallest absolute Gasteiger partial charge is 0.251 e. The standard InChI is InChI=1S/C36H44N4O3/c1-2-24-40-34(42)32(38-35(43)36(40)21-26-39(27-22-36)25-20-28-11-5-3-6-12-28)15-9-10-23-37-33(41)31-18-16-30(17-19-31)29-13-7-4-8-14-29/h3-8,11-14,16-19,32H,2,9-10,15,20-27H2,1H3,(H,37,41)(H,38,43). The average molecular weight is 581 g/mol. The molecule has 2 saturated heterocycles. The van der Waals surface area contributed by atoms with Gasteiger partial charge in [0.1, 0.15) is 11.6 Å². The maximum atomic E-state index is 13.6. The molecule has 3 aromatic carbocycles. The van der Waals surface area contributed by atoms with E-state index in [-0.39, 0.29) is 17.7 Å². The summed E-state index contributed by atoms with van der Waals surface area (Å²) in [7, 11) is 0. The Morgan fingerprint density at radius 2 is 1.51 bits per heavy atom. The summed E-state index contributed by atoms with van der Waals surface area (Å²) in [5.41, 5.74) is 3.40. The van der Waals surface area contributed by atoms with E-state index >= 15 is 0 Å². The second-order valence-corrected chi connectivity index (χ2v) is 11.8. The third kappa shape index (κ3) is 7.34. The lowest BCUT2D eigenvalue weighted by molar-refractivity contribution is -0.161. The zero-order valence-electron chi connectivity index (χ0n) is 25.3. The number of piperidine rings is 1. The van der Waals surface area contributed by atoms with Gasteiger partial charge < -0.3 is 20.4 Å². The molecule has 43 heavy (non-hydrogen) atoms. The molecular formula is C36H44N4O3. The van der Waals surface area contributed by atoms with Crippen LogP contribution in [0.3, 0.4) is 0 Å². The van der Waals surface area contributed by atoms with Crippen molar-refractivity contribution in [2.45, 2.75) is 63.5 Å². The number of nitrogens with zero attached hydrogens (tertiary/aromatic N) is 2. The number of amides is 3. The summed E-state index contributed by atoms with van der Waals surface area (Å²) < 4.78 is 0. The second-order valence-electron chi connectivity index (χ2n) is 11.8. The molecule has 3 aromatic rings. The number of carbonyl (C=O) groups excluding carboxylic acids is 3. The number of benzene rings is 3. The van der Waals surface area contributed by atoms with E-state index < -0.39 is 11.6 Å². The van der Waals surface area contributed by atoms with Gasteiger partial charge in [-0.1, -0.05) is 79.7 Å². The Morgan fingerprint density at radius 3 is 2.19 bits per heavy atom. The largest absolute Gasteiger partial charge is 0.352 e. The van der Waals surface area contributed by atoms with Gasteiger partial charge in [-0.25, -0.2) is 0 Å². The van der Waals surface area contributed by atoms with Crippen LogP contribution in [0.15, 0.2) is 84.9 Å². The predicted octanol–water partition coefficient (Wildman–Crippen LogP) is 5.07. The van der Waals surface area contributed by atoms with E-state index in [1.807, 2.05) is 65.6 Å². The minimum atomic E-state index is -0.739. The Bertz CT molecular complexity index is 1350. The van der Waals surface area contributed by atoms with E-state index in [1.165, 1.54) is 5.56 Å². The molecule has 3 amide bonds. The van der Waals surface area contributed by atoms with Crippen molar-refractivity contribution in [2.75, 3.05) is 32.7 Å². The zero-order chi connectivity index (χ0) is 30.1. The highest BCUT2D eigenvalue weighted by Gasteiger charge is 2.52. The first-order valence-electron chi connectivity index (χ1n) is 15.8. The highest BCUT2D eigenvalue weighted by atomic mass is 16.2. The molecule has 0 saturated carbocycles. The Labute approximate surface area is 255 Å². The number of unbranched alkanes of at least 4 members (excludes halogenated alkanes) is 1. The van der Waals surface area contributed by atoms with Gasteiger partial charge in [-0.3, -0.25) is 14.4 Å². The van der Waals surface area contributed by atoms with Crippen LogP contribution >= 0.6 is 0 Å². The van der Waals surface area contributed by atoms with Crippen molar-refractivity contribution in [3.63, 3.8) is 0 Å². The number of nitrogens with one attached hydrogen (secondary N) is 2. The molecule has 2 fully saturated rings. The second kappa shape index (κ2) is 14.5. The van der Waals surface area contributed by atoms with E-state index in [0.717, 1.165) is 56.4 Å². The summed E-state index contributed by atoms with van der Waals surface area (Å²) in [6.07, 6.45) is 5.21. The minimum Gasteiger partial charge on any atom is -0.352 e. The van der Waals surface area contributed by atoms with Gasteiger partial charge in [0, 0.05) is 38.3 Å². The summed E-state index contributed by atoms with van der Waals surface area (Å²) in [5.74, 6) is -0.0601. The third-order valence-corrected chi connectivity index (χ3v) is 8.96. The van der Waals surface area contributed by atoms with Crippen LogP contribution in [0, 0.1) is 0 Å². The maximum Gasteiger partial charge on any atom is 0.251 e. The predicted molar refractivity (Wildman–Crippen MR) is 171 cm³/mol. The maximum absolute atomic E-state index is 13.6. The summed E-state index contributed by atoms with van der Waals surface area (Å²) >= 11 is 0. The number of piperazine rings is 1. The molecule has 226 valence electrons. The van der Waals surface area contributed by atoms with E-state index in [4.69, 9.17) is 0 Å². The molecular weight excluding hydrogens is 536 g/mol. The van der Waals surface area contributed by atoms with E-state index in [1.54, 1.807) is 0 Å². The molecule has 1 atom stereocenters. The van der Waals surface area contributed by atoms with Crippen LogP contribution in [-0.4, -0.2) is 71.8 Å². The minimum absolute atomic E-state index is 0.000474. The molecule has 0 aliphatic carbocycles. The monoisotopic (exact) mass is 580 g/mol. The average Bonchev–Trinajstić information content (AvgIpc) is 3.06. The molecule has 2 aliphatic rings. The summed E-state index contributed by atoms with van der Waals surface area (Å²) in [6.45, 7) is 5.78. The van der Waals surface area contributed by atoms with E-state index in [0.29, 0.717) is 37.9 Å². The van der Waals surface area contributed by atoms with Gasteiger partial charge in [0.05, 0.1) is 0 Å². The molecule has 0 aromatic heterocycles. The van der Waals surface area contributed by atoms with E-state index in [9.17, 15) is 14.4 Å². The van der Waals surface area contributed by atoms with Crippen LogP contribution in [-0.2, 0) is 16.0 Å². The third-order valence-electron chi connectivity index (χ3n) is 8.96. The topological polar surface area (TPSA) is 81.8 Å². The zero-order valence-corrected chi connectivity index (χ0v) is 25.3. The lowest BCUT2D eigenvalue weighted by Crippen LogP contribution is -2.72. The fourth-order valence-corrected chi connectivity index (χ4v) is 6.42. The van der Waals surface area contributed by atoms with Crippen LogP contribution in [0.2, 0.25) is 0 Å². The SMILES string of the molecule is CCCN1C(=O)C(CCCCNC(=O)c2ccc(-c3ccccc3)cc2)NC(=O)C12CCN(CCc1ccccc1)CC2. The quantitative estimate of drug-likeness (QED) is 0.293. The molecule has 0 bridgehead atoms. The van der Waals surface area contributed by atoms with Crippen molar-refractivity contribution in [3.05, 3.63) is 96.1 Å². The van der Waals surface area contributed by atoms with Crippen LogP contribution in [0.1, 0.15) is 61.4 Å². The fraction of sp³-hybridized carbons (Fsp3) is 0.417. The van der Waals surface area contributed by atoms with Crippen LogP contribution in [0.5, 0.6) is 0 Å². The Hall–Kier alpha value is -3.97. The molecule has 7 nitrogen and oxygen atoms in total. The van der Waals surface area contributed by atoms with Crippen molar-refractivity contribution in [3.8, 4) is 11.1 Å². The molecule has 7 heteroatoms. The molecule has 0 radical (unpaired) electrons. The molecule has 2 aliphatic heterocycles. The van der Waals surface area contributed by atoms with Crippen LogP contribution in [0.25, 0.3) is 11.1 Å². The number of hydrogen-bond acceptors (Lipinski definition) is 4. The molecule has 1 unspecified atom stereocenters. The van der Waals surface area contributed by atoms with Gasteiger partial charge in [0.25, 0.3) is 5.91 Å². The highest BCUT2D eigenvalue weighted by Crippen LogP contribution is 2.34. The van der Waals surface area contributed by atoms with Gasteiger partial charge in [0.2, 0.25) is 11.8 Å². The molecule has 2 heterocycles. The number of likely N-dealkylation sites (tertiary alicyclic amines) is 1. The van der Waals surface area contributed by atoms with Gasteiger partial charge in [0.15, 0.2) is 0 Å². The number of rotatable bonds is 12. The van der Waals surface area contributed by atoms with Crippen molar-refractivity contribution in [1.82, 2.24) is 20.4 Å². The lowest BCUT2D eigenvalue weighted by Gasteiger charge is -2.51. The van der Waals surface area contributed by atoms with Gasteiger partial charge in [-0.15, -0.1) is 0 Å². The summed E-state index contributed by atoms with van der Waals surface area (Å²) in [4.78, 5) is 44.2. The van der Waals surface area contributed by atoms with Gasteiger partial charge in [-0.05, 0) is 73.8 Å². The number of hydrogen-bond donors (Lipinski definition) is 2. The highest BCUT2D eigenvalue weighted by molar-refractivity contribution is 6.00. The fourth-order valence-electron chi connectivity index (χ4n) is 6.42. The first-order valence-corrected chi connectivity index (χ1v) is 15.8. The molecule has 2 N–H and O–H groups in total. The van der Waals surface area contributed by atoms with E-state index in [2.05, 4.69) is 46.7 Å². The Morgan fingerprint density at radius 1 is 0.860 bits per heavy atom. The summed E-state index contributed by atoms with van der Waals surface area (Å²) in [5, 5.41) is 6.09.